The molecule has 2 heterocycles. The molecule has 1 unspecified atom stereocenters. The lowest BCUT2D eigenvalue weighted by Gasteiger charge is -2.20. The number of hydrogen-bond acceptors (Lipinski definition) is 5. The van der Waals surface area contributed by atoms with Crippen LogP contribution in [0, 0.1) is 18.3 Å². The second-order valence-corrected chi connectivity index (χ2v) is 6.95. The van der Waals surface area contributed by atoms with Crippen LogP contribution < -0.4 is 9.64 Å². The lowest BCUT2D eigenvalue weighted by atomic mass is 10.1. The van der Waals surface area contributed by atoms with Gasteiger partial charge in [-0.2, -0.15) is 5.26 Å². The van der Waals surface area contributed by atoms with E-state index >= 15 is 0 Å². The van der Waals surface area contributed by atoms with Crippen LogP contribution >= 0.6 is 0 Å². The Bertz CT molecular complexity index is 1010. The monoisotopic (exact) mass is 359 g/mol. The van der Waals surface area contributed by atoms with Crippen LogP contribution in [0.2, 0.25) is 0 Å². The minimum absolute atomic E-state index is 0.261. The fraction of sp³-hybridized carbons (Fsp3) is 0.273. The molecule has 5 nitrogen and oxygen atoms in total. The molecule has 1 N–H and O–H groups in total. The molecular weight excluding hydrogens is 338 g/mol. The number of aromatic nitrogens is 1. The van der Waals surface area contributed by atoms with Crippen LogP contribution in [0.15, 0.2) is 48.5 Å². The summed E-state index contributed by atoms with van der Waals surface area (Å²) in [6.07, 6.45) is 0.540. The first-order chi connectivity index (χ1) is 13.1. The Kier molecular flexibility index (Phi) is 4.66. The highest BCUT2D eigenvalue weighted by Crippen LogP contribution is 2.31. The number of aliphatic hydroxyl groups excluding tert-OH is 1. The van der Waals surface area contributed by atoms with E-state index < -0.39 is 0 Å². The van der Waals surface area contributed by atoms with Gasteiger partial charge in [0.1, 0.15) is 12.4 Å². The van der Waals surface area contributed by atoms with Crippen LogP contribution in [0.4, 0.5) is 5.69 Å². The number of pyridine rings is 1. The first-order valence-electron chi connectivity index (χ1n) is 9.08. The summed E-state index contributed by atoms with van der Waals surface area (Å²) in [5.41, 5.74) is 4.61. The van der Waals surface area contributed by atoms with E-state index in [1.54, 1.807) is 12.1 Å². The van der Waals surface area contributed by atoms with Crippen molar-refractivity contribution in [1.82, 2.24) is 4.98 Å². The Balaban J connectivity index is 1.57. The lowest BCUT2D eigenvalue weighted by Crippen LogP contribution is -2.21. The number of aryl methyl sites for hydroxylation is 1. The zero-order valence-corrected chi connectivity index (χ0v) is 15.2. The third-order valence-electron chi connectivity index (χ3n) is 4.88. The fourth-order valence-electron chi connectivity index (χ4n) is 3.47. The van der Waals surface area contributed by atoms with E-state index in [0.717, 1.165) is 46.6 Å². The van der Waals surface area contributed by atoms with Crippen molar-refractivity contribution in [3.63, 3.8) is 0 Å². The van der Waals surface area contributed by atoms with Gasteiger partial charge in [0.25, 0.3) is 0 Å². The van der Waals surface area contributed by atoms with E-state index in [4.69, 9.17) is 10.00 Å². The van der Waals surface area contributed by atoms with Crippen molar-refractivity contribution in [1.29, 1.82) is 5.26 Å². The van der Waals surface area contributed by atoms with E-state index in [1.165, 1.54) is 0 Å². The number of benzene rings is 2. The molecule has 1 atom stereocenters. The standard InChI is InChI=1S/C22H21N3O2/c1-15-10-22(25-9-8-18(26)13-25)20-7-6-19(11-21(20)24-15)27-14-17-4-2-16(12-23)3-5-17/h2-7,10-11,18,26H,8-9,13-14H2,1H3. The number of rotatable bonds is 4. The summed E-state index contributed by atoms with van der Waals surface area (Å²) in [6.45, 7) is 3.94. The number of β-amino-alcohol motifs (C(OH)–C–C–N with tert-alkyl or cyclic N) is 1. The molecule has 136 valence electrons. The number of aliphatic hydroxyl groups is 1. The molecule has 27 heavy (non-hydrogen) atoms. The van der Waals surface area contributed by atoms with Crippen molar-refractivity contribution in [2.75, 3.05) is 18.0 Å². The van der Waals surface area contributed by atoms with Crippen molar-refractivity contribution in [3.8, 4) is 11.8 Å². The molecule has 1 fully saturated rings. The first kappa shape index (κ1) is 17.3. The fourth-order valence-corrected chi connectivity index (χ4v) is 3.47. The van der Waals surface area contributed by atoms with Gasteiger partial charge in [-0.25, -0.2) is 0 Å². The predicted octanol–water partition coefficient (Wildman–Crippen LogP) is 3.56. The molecule has 0 saturated carbocycles. The zero-order chi connectivity index (χ0) is 18.8. The molecule has 0 spiro atoms. The molecule has 1 aliphatic rings. The minimum Gasteiger partial charge on any atom is -0.489 e. The van der Waals surface area contributed by atoms with Gasteiger partial charge in [-0.15, -0.1) is 0 Å². The summed E-state index contributed by atoms with van der Waals surface area (Å²) < 4.78 is 5.92. The van der Waals surface area contributed by atoms with E-state index in [1.807, 2.05) is 37.3 Å². The predicted molar refractivity (Wildman–Crippen MR) is 105 cm³/mol. The Morgan fingerprint density at radius 3 is 2.74 bits per heavy atom. The molecule has 0 bridgehead atoms. The Hall–Kier alpha value is -3.10. The number of anilines is 1. The molecule has 2 aromatic carbocycles. The molecular formula is C22H21N3O2. The van der Waals surface area contributed by atoms with Crippen LogP contribution in [0.5, 0.6) is 5.75 Å². The van der Waals surface area contributed by atoms with Gasteiger partial charge in [0.2, 0.25) is 0 Å². The second-order valence-electron chi connectivity index (χ2n) is 6.95. The van der Waals surface area contributed by atoms with Gasteiger partial charge >= 0.3 is 0 Å². The number of nitrogens with zero attached hydrogens (tertiary/aromatic N) is 3. The smallest absolute Gasteiger partial charge is 0.122 e. The molecule has 0 radical (unpaired) electrons. The topological polar surface area (TPSA) is 69.4 Å². The molecule has 1 saturated heterocycles. The van der Waals surface area contributed by atoms with Gasteiger partial charge in [0.15, 0.2) is 0 Å². The van der Waals surface area contributed by atoms with Crippen molar-refractivity contribution in [3.05, 3.63) is 65.4 Å². The molecule has 5 heteroatoms. The Morgan fingerprint density at radius 2 is 2.04 bits per heavy atom. The highest BCUT2D eigenvalue weighted by atomic mass is 16.5. The molecule has 0 amide bonds. The zero-order valence-electron chi connectivity index (χ0n) is 15.2. The summed E-state index contributed by atoms with van der Waals surface area (Å²) in [5.74, 6) is 0.761. The molecule has 1 aliphatic heterocycles. The number of ether oxygens (including phenoxy) is 1. The average molecular weight is 359 g/mol. The molecule has 3 aromatic rings. The number of fused-ring (bicyclic) bond motifs is 1. The molecule has 4 rings (SSSR count). The summed E-state index contributed by atoms with van der Waals surface area (Å²) in [6, 6.07) is 17.5. The summed E-state index contributed by atoms with van der Waals surface area (Å²) in [5, 5.41) is 19.8. The Morgan fingerprint density at radius 1 is 1.22 bits per heavy atom. The quantitative estimate of drug-likeness (QED) is 0.771. The minimum atomic E-state index is -0.261. The van der Waals surface area contributed by atoms with Gasteiger partial charge in [-0.05, 0) is 49.2 Å². The van der Waals surface area contributed by atoms with E-state index in [-0.39, 0.29) is 6.10 Å². The van der Waals surface area contributed by atoms with Gasteiger partial charge < -0.3 is 14.7 Å². The van der Waals surface area contributed by atoms with Gasteiger partial charge in [-0.1, -0.05) is 12.1 Å². The summed E-state index contributed by atoms with van der Waals surface area (Å²) in [4.78, 5) is 6.88. The van der Waals surface area contributed by atoms with Gasteiger partial charge in [0, 0.05) is 35.9 Å². The van der Waals surface area contributed by atoms with Crippen LogP contribution in [-0.2, 0) is 6.61 Å². The maximum atomic E-state index is 9.86. The van der Waals surface area contributed by atoms with E-state index in [9.17, 15) is 5.11 Å². The number of hydrogen-bond donors (Lipinski definition) is 1. The normalized spacial score (nSPS) is 16.5. The molecule has 1 aromatic heterocycles. The third-order valence-corrected chi connectivity index (χ3v) is 4.88. The van der Waals surface area contributed by atoms with Crippen molar-refractivity contribution < 1.29 is 9.84 Å². The summed E-state index contributed by atoms with van der Waals surface area (Å²) in [7, 11) is 0. The van der Waals surface area contributed by atoms with Gasteiger partial charge in [-0.3, -0.25) is 4.98 Å². The van der Waals surface area contributed by atoms with Crippen molar-refractivity contribution in [2.45, 2.75) is 26.1 Å². The highest BCUT2D eigenvalue weighted by molar-refractivity contribution is 5.93. The SMILES string of the molecule is Cc1cc(N2CCC(O)C2)c2ccc(OCc3ccc(C#N)cc3)cc2n1. The van der Waals surface area contributed by atoms with Crippen LogP contribution in [0.3, 0.4) is 0 Å². The average Bonchev–Trinajstić information content (AvgIpc) is 3.12. The van der Waals surface area contributed by atoms with Crippen LogP contribution in [0.25, 0.3) is 10.9 Å². The van der Waals surface area contributed by atoms with E-state index in [2.05, 4.69) is 22.0 Å². The number of nitriles is 1. The second kappa shape index (κ2) is 7.26. The molecule has 0 aliphatic carbocycles. The van der Waals surface area contributed by atoms with E-state index in [0.29, 0.717) is 18.7 Å². The maximum absolute atomic E-state index is 9.86. The van der Waals surface area contributed by atoms with Crippen molar-refractivity contribution in [2.24, 2.45) is 0 Å². The lowest BCUT2D eigenvalue weighted by molar-refractivity contribution is 0.198. The first-order valence-corrected chi connectivity index (χ1v) is 9.08. The third kappa shape index (κ3) is 3.71. The largest absolute Gasteiger partial charge is 0.489 e. The summed E-state index contributed by atoms with van der Waals surface area (Å²) >= 11 is 0. The van der Waals surface area contributed by atoms with Crippen LogP contribution in [0.1, 0.15) is 23.2 Å². The van der Waals surface area contributed by atoms with Crippen LogP contribution in [-0.4, -0.2) is 29.3 Å². The van der Waals surface area contributed by atoms with Crippen molar-refractivity contribution >= 4 is 16.6 Å². The maximum Gasteiger partial charge on any atom is 0.122 e. The Labute approximate surface area is 158 Å². The highest BCUT2D eigenvalue weighted by Gasteiger charge is 2.22. The van der Waals surface area contributed by atoms with Gasteiger partial charge in [0.05, 0.1) is 23.3 Å².